The summed E-state index contributed by atoms with van der Waals surface area (Å²) in [6, 6.07) is 3.83. The monoisotopic (exact) mass is 530 g/mol. The molecule has 3 aromatic rings. The topological polar surface area (TPSA) is 123 Å². The molecule has 4 rings (SSSR count). The molecule has 9 nitrogen and oxygen atoms in total. The Labute approximate surface area is 203 Å². The third-order valence-electron chi connectivity index (χ3n) is 5.31. The van der Waals surface area contributed by atoms with Crippen LogP contribution in [0.1, 0.15) is 31.1 Å². The van der Waals surface area contributed by atoms with Crippen molar-refractivity contribution in [3.05, 3.63) is 41.8 Å². The molecule has 36 heavy (non-hydrogen) atoms. The van der Waals surface area contributed by atoms with E-state index < -0.39 is 44.8 Å². The molecule has 0 saturated carbocycles. The highest BCUT2D eigenvalue weighted by Crippen LogP contribution is 2.34. The Hall–Kier alpha value is -3.26. The van der Waals surface area contributed by atoms with Crippen LogP contribution in [0.15, 0.2) is 30.5 Å². The standard InChI is InChI=1S/C22H22F4N4O5S/c1-20(2,32)9-30-16-6-12(19(31)28-21(3)10-36(33,34)11-21)8-27-18(16)17(29-30)14-7-13(4-5-15(14)23)35-22(24,25)26/h4-8,32H,9-11H2,1-3H3,(H,28,31). The summed E-state index contributed by atoms with van der Waals surface area (Å²) in [7, 11) is -3.21. The van der Waals surface area contributed by atoms with E-state index in [1.807, 2.05) is 0 Å². The molecule has 0 radical (unpaired) electrons. The molecule has 1 aliphatic heterocycles. The molecule has 2 aromatic heterocycles. The molecule has 1 amide bonds. The number of pyridine rings is 1. The second kappa shape index (κ2) is 8.40. The maximum Gasteiger partial charge on any atom is 0.573 e. The predicted octanol–water partition coefficient (Wildman–Crippen LogP) is 2.82. The zero-order valence-electron chi connectivity index (χ0n) is 19.4. The lowest BCUT2D eigenvalue weighted by Gasteiger charge is -2.38. The van der Waals surface area contributed by atoms with E-state index in [0.717, 1.165) is 18.2 Å². The van der Waals surface area contributed by atoms with Crippen LogP contribution in [-0.4, -0.2) is 63.2 Å². The zero-order valence-corrected chi connectivity index (χ0v) is 20.2. The number of hydrogen-bond acceptors (Lipinski definition) is 7. The van der Waals surface area contributed by atoms with Crippen LogP contribution in [-0.2, 0) is 16.4 Å². The maximum absolute atomic E-state index is 14.7. The van der Waals surface area contributed by atoms with E-state index >= 15 is 0 Å². The van der Waals surface area contributed by atoms with Crippen LogP contribution in [0.4, 0.5) is 17.6 Å². The van der Waals surface area contributed by atoms with Crippen molar-refractivity contribution in [1.82, 2.24) is 20.1 Å². The Morgan fingerprint density at radius 1 is 1.25 bits per heavy atom. The largest absolute Gasteiger partial charge is 0.573 e. The summed E-state index contributed by atoms with van der Waals surface area (Å²) in [6.07, 6.45) is -3.82. The molecule has 0 aliphatic carbocycles. The number of aromatic nitrogens is 3. The summed E-state index contributed by atoms with van der Waals surface area (Å²) in [5.74, 6) is -2.58. The first kappa shape index (κ1) is 25.8. The first-order valence-corrected chi connectivity index (χ1v) is 12.4. The quantitative estimate of drug-likeness (QED) is 0.470. The Kier molecular flexibility index (Phi) is 6.03. The Bertz CT molecular complexity index is 1450. The molecule has 0 spiro atoms. The van der Waals surface area contributed by atoms with Gasteiger partial charge in [0, 0.05) is 11.8 Å². The number of rotatable bonds is 6. The van der Waals surface area contributed by atoms with Crippen molar-refractivity contribution >= 4 is 26.8 Å². The Morgan fingerprint density at radius 2 is 1.92 bits per heavy atom. The van der Waals surface area contributed by atoms with E-state index in [2.05, 4.69) is 20.1 Å². The summed E-state index contributed by atoms with van der Waals surface area (Å²) in [5.41, 5.74) is -2.38. The maximum atomic E-state index is 14.7. The van der Waals surface area contributed by atoms with E-state index in [1.165, 1.54) is 30.8 Å². The van der Waals surface area contributed by atoms with Gasteiger partial charge in [-0.25, -0.2) is 12.8 Å². The molecule has 0 unspecified atom stereocenters. The third-order valence-corrected chi connectivity index (χ3v) is 7.46. The summed E-state index contributed by atoms with van der Waals surface area (Å²) in [4.78, 5) is 17.0. The second-order valence-corrected chi connectivity index (χ2v) is 11.7. The number of benzene rings is 1. The molecule has 0 bridgehead atoms. The van der Waals surface area contributed by atoms with Gasteiger partial charge in [0.2, 0.25) is 0 Å². The smallest absolute Gasteiger partial charge is 0.406 e. The zero-order chi connectivity index (χ0) is 26.7. The second-order valence-electron chi connectivity index (χ2n) is 9.65. The average Bonchev–Trinajstić information content (AvgIpc) is 3.02. The highest BCUT2D eigenvalue weighted by Gasteiger charge is 2.45. The van der Waals surface area contributed by atoms with Gasteiger partial charge < -0.3 is 15.2 Å². The van der Waals surface area contributed by atoms with Gasteiger partial charge in [0.25, 0.3) is 5.91 Å². The van der Waals surface area contributed by atoms with Crippen LogP contribution < -0.4 is 10.1 Å². The number of halogens is 4. The van der Waals surface area contributed by atoms with Gasteiger partial charge in [0.1, 0.15) is 22.8 Å². The fraction of sp³-hybridized carbons (Fsp3) is 0.409. The van der Waals surface area contributed by atoms with E-state index in [9.17, 15) is 35.9 Å². The van der Waals surface area contributed by atoms with E-state index in [-0.39, 0.29) is 45.9 Å². The van der Waals surface area contributed by atoms with E-state index in [0.29, 0.717) is 0 Å². The van der Waals surface area contributed by atoms with Crippen LogP contribution in [0, 0.1) is 5.82 Å². The highest BCUT2D eigenvalue weighted by molar-refractivity contribution is 7.93. The molecule has 194 valence electrons. The summed E-state index contributed by atoms with van der Waals surface area (Å²) in [6.45, 7) is 4.45. The van der Waals surface area contributed by atoms with Crippen LogP contribution >= 0.6 is 0 Å². The molecular weight excluding hydrogens is 508 g/mol. The van der Waals surface area contributed by atoms with Gasteiger partial charge in [-0.2, -0.15) is 5.10 Å². The van der Waals surface area contributed by atoms with Crippen LogP contribution in [0.2, 0.25) is 0 Å². The number of ether oxygens (including phenoxy) is 1. The van der Waals surface area contributed by atoms with Crippen molar-refractivity contribution < 1.29 is 40.6 Å². The molecule has 0 atom stereocenters. The summed E-state index contributed by atoms with van der Waals surface area (Å²) >= 11 is 0. The van der Waals surface area contributed by atoms with E-state index in [1.54, 1.807) is 6.92 Å². The van der Waals surface area contributed by atoms with Gasteiger partial charge in [-0.1, -0.05) is 0 Å². The first-order chi connectivity index (χ1) is 16.4. The van der Waals surface area contributed by atoms with Crippen molar-refractivity contribution in [2.75, 3.05) is 11.5 Å². The number of fused-ring (bicyclic) bond motifs is 1. The minimum absolute atomic E-state index is 0.0473. The number of carbonyl (C=O) groups excluding carboxylic acids is 1. The minimum Gasteiger partial charge on any atom is -0.406 e. The minimum atomic E-state index is -4.99. The molecular formula is C22H22F4N4O5S. The van der Waals surface area contributed by atoms with Crippen LogP contribution in [0.3, 0.4) is 0 Å². The fourth-order valence-corrected chi connectivity index (χ4v) is 6.08. The number of carbonyl (C=O) groups is 1. The molecule has 2 N–H and O–H groups in total. The van der Waals surface area contributed by atoms with Crippen LogP contribution in [0.5, 0.6) is 5.75 Å². The van der Waals surface area contributed by atoms with Crippen molar-refractivity contribution in [1.29, 1.82) is 0 Å². The predicted molar refractivity (Wildman–Crippen MR) is 120 cm³/mol. The van der Waals surface area contributed by atoms with E-state index in [4.69, 9.17) is 0 Å². The van der Waals surface area contributed by atoms with Crippen molar-refractivity contribution in [3.63, 3.8) is 0 Å². The lowest BCUT2D eigenvalue weighted by Crippen LogP contribution is -2.63. The van der Waals surface area contributed by atoms with Gasteiger partial charge in [-0.05, 0) is 45.0 Å². The molecule has 1 aliphatic rings. The fourth-order valence-electron chi connectivity index (χ4n) is 4.08. The lowest BCUT2D eigenvalue weighted by atomic mass is 10.1. The van der Waals surface area contributed by atoms with Gasteiger partial charge >= 0.3 is 6.36 Å². The Morgan fingerprint density at radius 3 is 2.50 bits per heavy atom. The lowest BCUT2D eigenvalue weighted by molar-refractivity contribution is -0.274. The highest BCUT2D eigenvalue weighted by atomic mass is 32.2. The average molecular weight is 531 g/mol. The van der Waals surface area contributed by atoms with Gasteiger partial charge in [0.15, 0.2) is 9.84 Å². The number of hydrogen-bond donors (Lipinski definition) is 2. The van der Waals surface area contributed by atoms with Gasteiger partial charge in [0.05, 0.1) is 40.3 Å². The number of nitrogens with zero attached hydrogens (tertiary/aromatic N) is 3. The van der Waals surface area contributed by atoms with Crippen LogP contribution in [0.25, 0.3) is 22.3 Å². The van der Waals surface area contributed by atoms with Gasteiger partial charge in [-0.15, -0.1) is 13.2 Å². The summed E-state index contributed by atoms with van der Waals surface area (Å²) < 4.78 is 81.0. The molecule has 14 heteroatoms. The molecule has 1 saturated heterocycles. The number of aliphatic hydroxyl groups is 1. The van der Waals surface area contributed by atoms with Crippen molar-refractivity contribution in [2.24, 2.45) is 0 Å². The molecule has 1 fully saturated rings. The normalized spacial score (nSPS) is 17.0. The van der Waals surface area contributed by atoms with Crippen molar-refractivity contribution in [2.45, 2.75) is 44.8 Å². The summed E-state index contributed by atoms with van der Waals surface area (Å²) in [5, 5.41) is 17.2. The van der Waals surface area contributed by atoms with Crippen molar-refractivity contribution in [3.8, 4) is 17.0 Å². The Balaban J connectivity index is 1.78. The number of nitrogens with one attached hydrogen (secondary N) is 1. The van der Waals surface area contributed by atoms with Gasteiger partial charge in [-0.3, -0.25) is 14.5 Å². The molecule has 3 heterocycles. The molecule has 1 aromatic carbocycles. The first-order valence-electron chi connectivity index (χ1n) is 10.6. The SMILES string of the molecule is CC(C)(O)Cn1nc(-c2cc(OC(F)(F)F)ccc2F)c2ncc(C(=O)NC3(C)CS(=O)(=O)C3)cc21. The number of amides is 1. The number of sulfone groups is 1. The third kappa shape index (κ3) is 5.59. The number of alkyl halides is 3.